The van der Waals surface area contributed by atoms with Gasteiger partial charge in [0.25, 0.3) is 5.91 Å². The zero-order chi connectivity index (χ0) is 17.2. The number of rotatable bonds is 3. The zero-order valence-corrected chi connectivity index (χ0v) is 15.1. The Morgan fingerprint density at radius 2 is 1.92 bits per heavy atom. The van der Waals surface area contributed by atoms with Crippen LogP contribution in [0, 0.1) is 3.57 Å². The number of amides is 1. The number of aromatic nitrogens is 2. The fourth-order valence-corrected chi connectivity index (χ4v) is 3.10. The second-order valence-corrected chi connectivity index (χ2v) is 6.52. The molecule has 4 aromatic rings. The minimum Gasteiger partial charge on any atom is -0.434 e. The Hall–Kier alpha value is -2.74. The molecule has 0 aliphatic rings. The third kappa shape index (κ3) is 3.25. The summed E-state index contributed by atoms with van der Waals surface area (Å²) in [5.41, 5.74) is 3.28. The number of hydrogen-bond donors (Lipinski definition) is 1. The molecule has 5 nitrogen and oxygen atoms in total. The van der Waals surface area contributed by atoms with Crippen molar-refractivity contribution >= 4 is 45.4 Å². The van der Waals surface area contributed by atoms with Crippen LogP contribution in [-0.4, -0.2) is 15.9 Å². The Labute approximate surface area is 157 Å². The maximum atomic E-state index is 12.5. The van der Waals surface area contributed by atoms with Crippen LogP contribution in [0.1, 0.15) is 10.4 Å². The van der Waals surface area contributed by atoms with E-state index in [9.17, 15) is 4.79 Å². The number of anilines is 1. The number of hydrogen-bond acceptors (Lipinski definition) is 4. The summed E-state index contributed by atoms with van der Waals surface area (Å²) in [6.07, 6.45) is 1.67. The van der Waals surface area contributed by atoms with Gasteiger partial charge in [-0.05, 0) is 65.1 Å². The van der Waals surface area contributed by atoms with Crippen LogP contribution in [0.4, 0.5) is 5.69 Å². The van der Waals surface area contributed by atoms with Crippen LogP contribution >= 0.6 is 22.6 Å². The molecular weight excluding hydrogens is 429 g/mol. The molecule has 122 valence electrons. The van der Waals surface area contributed by atoms with Crippen molar-refractivity contribution in [1.82, 2.24) is 9.97 Å². The Morgan fingerprint density at radius 3 is 2.76 bits per heavy atom. The Balaban J connectivity index is 1.63. The van der Waals surface area contributed by atoms with E-state index in [2.05, 4.69) is 37.9 Å². The van der Waals surface area contributed by atoms with E-state index in [1.807, 2.05) is 48.5 Å². The predicted octanol–water partition coefficient (Wildman–Crippen LogP) is 4.75. The molecule has 0 fully saturated rings. The Morgan fingerprint density at radius 1 is 1.04 bits per heavy atom. The summed E-state index contributed by atoms with van der Waals surface area (Å²) >= 11 is 2.15. The number of oxazole rings is 1. The number of benzene rings is 2. The highest BCUT2D eigenvalue weighted by Gasteiger charge is 2.12. The fraction of sp³-hybridized carbons (Fsp3) is 0. The maximum Gasteiger partial charge on any atom is 0.256 e. The molecule has 0 unspecified atom stereocenters. The van der Waals surface area contributed by atoms with Gasteiger partial charge in [0.15, 0.2) is 11.2 Å². The smallest absolute Gasteiger partial charge is 0.256 e. The van der Waals surface area contributed by atoms with Crippen molar-refractivity contribution in [3.05, 3.63) is 76.0 Å². The quantitative estimate of drug-likeness (QED) is 0.466. The Kier molecular flexibility index (Phi) is 4.19. The zero-order valence-electron chi connectivity index (χ0n) is 12.9. The van der Waals surface area contributed by atoms with Crippen LogP contribution < -0.4 is 5.32 Å². The molecule has 0 bridgehead atoms. The van der Waals surface area contributed by atoms with Gasteiger partial charge in [-0.25, -0.2) is 4.98 Å². The van der Waals surface area contributed by atoms with Crippen LogP contribution in [-0.2, 0) is 0 Å². The molecule has 6 heteroatoms. The molecule has 1 amide bonds. The van der Waals surface area contributed by atoms with Gasteiger partial charge in [-0.2, -0.15) is 4.98 Å². The van der Waals surface area contributed by atoms with Gasteiger partial charge in [0.05, 0.1) is 5.56 Å². The van der Waals surface area contributed by atoms with Crippen molar-refractivity contribution in [3.63, 3.8) is 0 Å². The van der Waals surface area contributed by atoms with Gasteiger partial charge in [-0.15, -0.1) is 0 Å². The summed E-state index contributed by atoms with van der Waals surface area (Å²) in [5.74, 6) is 0.320. The lowest BCUT2D eigenvalue weighted by atomic mass is 10.1. The normalized spacial score (nSPS) is 10.8. The first-order valence-corrected chi connectivity index (χ1v) is 8.66. The van der Waals surface area contributed by atoms with Crippen LogP contribution in [0.2, 0.25) is 0 Å². The molecule has 2 aromatic heterocycles. The van der Waals surface area contributed by atoms with E-state index in [1.54, 1.807) is 18.3 Å². The monoisotopic (exact) mass is 441 g/mol. The second kappa shape index (κ2) is 6.64. The van der Waals surface area contributed by atoms with Crippen molar-refractivity contribution in [2.75, 3.05) is 5.32 Å². The average Bonchev–Trinajstić information content (AvgIpc) is 3.06. The third-order valence-electron chi connectivity index (χ3n) is 3.65. The predicted molar refractivity (Wildman–Crippen MR) is 104 cm³/mol. The lowest BCUT2D eigenvalue weighted by Crippen LogP contribution is -2.13. The molecule has 25 heavy (non-hydrogen) atoms. The largest absolute Gasteiger partial charge is 0.434 e. The van der Waals surface area contributed by atoms with E-state index in [0.29, 0.717) is 28.4 Å². The molecule has 2 aromatic carbocycles. The van der Waals surface area contributed by atoms with Crippen molar-refractivity contribution in [2.24, 2.45) is 0 Å². The van der Waals surface area contributed by atoms with E-state index in [-0.39, 0.29) is 5.91 Å². The summed E-state index contributed by atoms with van der Waals surface area (Å²) in [7, 11) is 0. The Bertz CT molecular complexity index is 1040. The lowest BCUT2D eigenvalue weighted by Gasteiger charge is -2.07. The van der Waals surface area contributed by atoms with E-state index in [0.717, 1.165) is 9.13 Å². The van der Waals surface area contributed by atoms with Crippen LogP contribution in [0.5, 0.6) is 0 Å². The van der Waals surface area contributed by atoms with Gasteiger partial charge < -0.3 is 9.73 Å². The van der Waals surface area contributed by atoms with Crippen molar-refractivity contribution in [2.45, 2.75) is 0 Å². The minimum atomic E-state index is -0.151. The SMILES string of the molecule is O=C(Nc1cccc(-c2nc3ncccc3o2)c1)c1ccccc1I. The molecule has 0 radical (unpaired) electrons. The second-order valence-electron chi connectivity index (χ2n) is 5.36. The molecule has 1 N–H and O–H groups in total. The summed E-state index contributed by atoms with van der Waals surface area (Å²) in [6.45, 7) is 0. The molecule has 2 heterocycles. The summed E-state index contributed by atoms with van der Waals surface area (Å²) in [5, 5.41) is 2.91. The number of pyridine rings is 1. The first-order chi connectivity index (χ1) is 12.2. The van der Waals surface area contributed by atoms with Crippen LogP contribution in [0.25, 0.3) is 22.7 Å². The summed E-state index contributed by atoms with van der Waals surface area (Å²) < 4.78 is 6.63. The number of nitrogens with zero attached hydrogens (tertiary/aromatic N) is 2. The topological polar surface area (TPSA) is 68.0 Å². The summed E-state index contributed by atoms with van der Waals surface area (Å²) in [4.78, 5) is 21.0. The number of halogens is 1. The van der Waals surface area contributed by atoms with Crippen LogP contribution in [0.3, 0.4) is 0 Å². The average molecular weight is 441 g/mol. The number of carbonyl (C=O) groups is 1. The number of carbonyl (C=O) groups excluding carboxylic acids is 1. The maximum absolute atomic E-state index is 12.5. The molecule has 0 aliphatic carbocycles. The summed E-state index contributed by atoms with van der Waals surface area (Å²) in [6, 6.07) is 18.5. The lowest BCUT2D eigenvalue weighted by molar-refractivity contribution is 0.102. The highest BCUT2D eigenvalue weighted by molar-refractivity contribution is 14.1. The van der Waals surface area contributed by atoms with Crippen molar-refractivity contribution < 1.29 is 9.21 Å². The van der Waals surface area contributed by atoms with Crippen LogP contribution in [0.15, 0.2) is 71.3 Å². The molecular formula is C19H12IN3O2. The van der Waals surface area contributed by atoms with Crippen molar-refractivity contribution in [3.8, 4) is 11.5 Å². The molecule has 0 spiro atoms. The number of fused-ring (bicyclic) bond motifs is 1. The molecule has 0 saturated heterocycles. The first-order valence-electron chi connectivity index (χ1n) is 7.58. The van der Waals surface area contributed by atoms with E-state index in [1.165, 1.54) is 0 Å². The van der Waals surface area contributed by atoms with Gasteiger partial charge in [-0.3, -0.25) is 4.79 Å². The highest BCUT2D eigenvalue weighted by atomic mass is 127. The van der Waals surface area contributed by atoms with Gasteiger partial charge in [0.1, 0.15) is 0 Å². The number of nitrogens with one attached hydrogen (secondary N) is 1. The highest BCUT2D eigenvalue weighted by Crippen LogP contribution is 2.25. The van der Waals surface area contributed by atoms with Crippen molar-refractivity contribution in [1.29, 1.82) is 0 Å². The van der Waals surface area contributed by atoms with Gasteiger partial charge in [0, 0.05) is 21.0 Å². The van der Waals surface area contributed by atoms with Gasteiger partial charge in [-0.1, -0.05) is 18.2 Å². The third-order valence-corrected chi connectivity index (χ3v) is 4.59. The van der Waals surface area contributed by atoms with E-state index < -0.39 is 0 Å². The van der Waals surface area contributed by atoms with Gasteiger partial charge in [0.2, 0.25) is 5.89 Å². The molecule has 0 atom stereocenters. The molecule has 4 rings (SSSR count). The molecule has 0 saturated carbocycles. The van der Waals surface area contributed by atoms with E-state index >= 15 is 0 Å². The standard InChI is InChI=1S/C19H12IN3O2/c20-15-8-2-1-7-14(15)18(24)22-13-6-3-5-12(11-13)19-23-17-16(25-19)9-4-10-21-17/h1-11H,(H,22,24). The van der Waals surface area contributed by atoms with E-state index in [4.69, 9.17) is 4.42 Å². The fourth-order valence-electron chi connectivity index (χ4n) is 2.47. The molecule has 0 aliphatic heterocycles. The first kappa shape index (κ1) is 15.8. The van der Waals surface area contributed by atoms with Gasteiger partial charge >= 0.3 is 0 Å². The minimum absolute atomic E-state index is 0.151.